The zero-order chi connectivity index (χ0) is 12.5. The van der Waals surface area contributed by atoms with Crippen molar-refractivity contribution in [2.45, 2.75) is 19.3 Å². The van der Waals surface area contributed by atoms with Gasteiger partial charge >= 0.3 is 0 Å². The molecule has 1 amide bonds. The summed E-state index contributed by atoms with van der Waals surface area (Å²) >= 11 is 5.04. The molecular weight excluding hydrogens is 234 g/mol. The summed E-state index contributed by atoms with van der Waals surface area (Å²) in [6, 6.07) is 3.64. The van der Waals surface area contributed by atoms with Gasteiger partial charge in [-0.2, -0.15) is 0 Å². The molecule has 1 aromatic heterocycles. The molecule has 1 fully saturated rings. The molecule has 2 rings (SSSR count). The van der Waals surface area contributed by atoms with Crippen LogP contribution in [0.2, 0.25) is 0 Å². The van der Waals surface area contributed by atoms with Crippen LogP contribution in [0.1, 0.15) is 19.3 Å². The first-order valence-electron chi connectivity index (χ1n) is 5.56. The molecule has 0 saturated heterocycles. The number of hydrogen-bond donors (Lipinski definition) is 1. The highest BCUT2D eigenvalue weighted by Crippen LogP contribution is 2.43. The van der Waals surface area contributed by atoms with Gasteiger partial charge in [0.15, 0.2) is 0 Å². The van der Waals surface area contributed by atoms with Gasteiger partial charge in [-0.3, -0.25) is 9.78 Å². The first-order valence-corrected chi connectivity index (χ1v) is 5.97. The summed E-state index contributed by atoms with van der Waals surface area (Å²) in [5.74, 6) is -0.0238. The van der Waals surface area contributed by atoms with Crippen LogP contribution in [0.5, 0.6) is 0 Å². The number of aromatic nitrogens is 1. The van der Waals surface area contributed by atoms with Crippen molar-refractivity contribution < 1.29 is 4.79 Å². The smallest absolute Gasteiger partial charge is 0.239 e. The molecule has 1 saturated carbocycles. The lowest BCUT2D eigenvalue weighted by molar-refractivity contribution is -0.127. The van der Waals surface area contributed by atoms with Crippen molar-refractivity contribution in [3.05, 3.63) is 24.5 Å². The Hall–Kier alpha value is -1.49. The maximum absolute atomic E-state index is 12.4. The molecule has 0 aliphatic heterocycles. The lowest BCUT2D eigenvalue weighted by Gasteiger charge is -2.41. The molecule has 0 spiro atoms. The van der Waals surface area contributed by atoms with E-state index >= 15 is 0 Å². The lowest BCUT2D eigenvalue weighted by atomic mass is 9.67. The van der Waals surface area contributed by atoms with Crippen molar-refractivity contribution in [3.63, 3.8) is 0 Å². The van der Waals surface area contributed by atoms with Gasteiger partial charge in [-0.25, -0.2) is 0 Å². The Balaban J connectivity index is 2.23. The number of carbonyl (C=O) groups excluding carboxylic acids is 1. The third-order valence-corrected chi connectivity index (χ3v) is 3.82. The monoisotopic (exact) mass is 249 g/mol. The van der Waals surface area contributed by atoms with E-state index in [1.54, 1.807) is 30.4 Å². The summed E-state index contributed by atoms with van der Waals surface area (Å²) in [4.78, 5) is 18.3. The molecule has 90 valence electrons. The highest BCUT2D eigenvalue weighted by molar-refractivity contribution is 7.80. The van der Waals surface area contributed by atoms with Gasteiger partial charge in [-0.1, -0.05) is 18.6 Å². The van der Waals surface area contributed by atoms with Crippen LogP contribution in [0.4, 0.5) is 5.69 Å². The molecule has 0 radical (unpaired) electrons. The molecule has 2 N–H and O–H groups in total. The molecule has 5 heteroatoms. The largest absolute Gasteiger partial charge is 0.392 e. The number of amides is 1. The number of hydrogen-bond acceptors (Lipinski definition) is 3. The lowest BCUT2D eigenvalue weighted by Crippen LogP contribution is -2.53. The summed E-state index contributed by atoms with van der Waals surface area (Å²) in [5.41, 5.74) is 5.86. The van der Waals surface area contributed by atoms with Gasteiger partial charge in [0.1, 0.15) is 0 Å². The van der Waals surface area contributed by atoms with E-state index < -0.39 is 5.41 Å². The van der Waals surface area contributed by atoms with Crippen LogP contribution in [0, 0.1) is 5.41 Å². The average molecular weight is 249 g/mol. The third-order valence-electron chi connectivity index (χ3n) is 3.43. The first kappa shape index (κ1) is 12.0. The second kappa shape index (κ2) is 4.41. The van der Waals surface area contributed by atoms with E-state index in [9.17, 15) is 4.79 Å². The minimum atomic E-state index is -0.625. The van der Waals surface area contributed by atoms with Crippen LogP contribution in [0.25, 0.3) is 0 Å². The van der Waals surface area contributed by atoms with Gasteiger partial charge in [0.25, 0.3) is 0 Å². The van der Waals surface area contributed by atoms with Crippen LogP contribution in [0.3, 0.4) is 0 Å². The van der Waals surface area contributed by atoms with Crippen molar-refractivity contribution in [1.82, 2.24) is 4.98 Å². The molecule has 0 bridgehead atoms. The number of carbonyl (C=O) groups is 1. The Morgan fingerprint density at radius 1 is 1.59 bits per heavy atom. The van der Waals surface area contributed by atoms with E-state index in [-0.39, 0.29) is 5.91 Å². The average Bonchev–Trinajstić information content (AvgIpc) is 2.27. The van der Waals surface area contributed by atoms with Gasteiger partial charge in [0.05, 0.1) is 22.3 Å². The summed E-state index contributed by atoms with van der Waals surface area (Å²) < 4.78 is 0. The Morgan fingerprint density at radius 3 is 2.71 bits per heavy atom. The fourth-order valence-corrected chi connectivity index (χ4v) is 2.38. The van der Waals surface area contributed by atoms with E-state index in [4.69, 9.17) is 18.0 Å². The van der Waals surface area contributed by atoms with Gasteiger partial charge < -0.3 is 10.6 Å². The standard InChI is InChI=1S/C12H15N3OS/c1-15(9-4-2-7-14-8-9)11(16)12(10(13)17)5-3-6-12/h2,4,7-8H,3,5-6H2,1H3,(H2,13,17). The molecule has 1 heterocycles. The van der Waals surface area contributed by atoms with Gasteiger partial charge in [0, 0.05) is 13.2 Å². The maximum atomic E-state index is 12.4. The SMILES string of the molecule is CN(C(=O)C1(C(N)=S)CCC1)c1cccnc1. The van der Waals surface area contributed by atoms with Crippen molar-refractivity contribution in [3.8, 4) is 0 Å². The number of thiocarbonyl (C=S) groups is 1. The topological polar surface area (TPSA) is 59.2 Å². The summed E-state index contributed by atoms with van der Waals surface area (Å²) in [5, 5.41) is 0. The molecule has 0 aromatic carbocycles. The van der Waals surface area contributed by atoms with Gasteiger partial charge in [-0.05, 0) is 25.0 Å². The van der Waals surface area contributed by atoms with Crippen molar-refractivity contribution in [1.29, 1.82) is 0 Å². The van der Waals surface area contributed by atoms with Crippen molar-refractivity contribution in [2.75, 3.05) is 11.9 Å². The predicted molar refractivity (Wildman–Crippen MR) is 70.7 cm³/mol. The van der Waals surface area contributed by atoms with E-state index in [0.717, 1.165) is 24.9 Å². The predicted octanol–water partition coefficient (Wildman–Crippen LogP) is 1.50. The number of nitrogens with zero attached hydrogens (tertiary/aromatic N) is 2. The van der Waals surface area contributed by atoms with Crippen LogP contribution < -0.4 is 10.6 Å². The molecule has 0 atom stereocenters. The maximum Gasteiger partial charge on any atom is 0.239 e. The molecule has 1 aliphatic carbocycles. The summed E-state index contributed by atoms with van der Waals surface area (Å²) in [7, 11) is 1.73. The minimum Gasteiger partial charge on any atom is -0.392 e. The van der Waals surface area contributed by atoms with Crippen LogP contribution in [-0.2, 0) is 4.79 Å². The first-order chi connectivity index (χ1) is 8.08. The van der Waals surface area contributed by atoms with Crippen LogP contribution in [-0.4, -0.2) is 22.9 Å². The molecule has 0 unspecified atom stereocenters. The van der Waals surface area contributed by atoms with Crippen LogP contribution >= 0.6 is 12.2 Å². The zero-order valence-electron chi connectivity index (χ0n) is 9.72. The second-order valence-electron chi connectivity index (χ2n) is 4.38. The van der Waals surface area contributed by atoms with E-state index in [2.05, 4.69) is 4.98 Å². The van der Waals surface area contributed by atoms with Gasteiger partial charge in [0.2, 0.25) is 5.91 Å². The fourth-order valence-electron chi connectivity index (χ4n) is 2.09. The number of anilines is 1. The molecular formula is C12H15N3OS. The quantitative estimate of drug-likeness (QED) is 0.825. The summed E-state index contributed by atoms with van der Waals surface area (Å²) in [6.07, 6.45) is 5.85. The molecule has 17 heavy (non-hydrogen) atoms. The Morgan fingerprint density at radius 2 is 2.29 bits per heavy atom. The van der Waals surface area contributed by atoms with E-state index in [1.165, 1.54) is 0 Å². The Bertz CT molecular complexity index is 442. The highest BCUT2D eigenvalue weighted by Gasteiger charge is 2.48. The Kier molecular flexibility index (Phi) is 3.11. The zero-order valence-corrected chi connectivity index (χ0v) is 10.5. The molecule has 4 nitrogen and oxygen atoms in total. The minimum absolute atomic E-state index is 0.0238. The highest BCUT2D eigenvalue weighted by atomic mass is 32.1. The summed E-state index contributed by atoms with van der Waals surface area (Å²) in [6.45, 7) is 0. The van der Waals surface area contributed by atoms with Crippen LogP contribution in [0.15, 0.2) is 24.5 Å². The van der Waals surface area contributed by atoms with Crippen molar-refractivity contribution in [2.24, 2.45) is 11.1 Å². The molecule has 1 aliphatic rings. The third kappa shape index (κ3) is 1.91. The fraction of sp³-hybridized carbons (Fsp3) is 0.417. The number of rotatable bonds is 3. The second-order valence-corrected chi connectivity index (χ2v) is 4.82. The Labute approximate surface area is 106 Å². The van der Waals surface area contributed by atoms with E-state index in [0.29, 0.717) is 4.99 Å². The number of pyridine rings is 1. The normalized spacial score (nSPS) is 17.0. The molecule has 1 aromatic rings. The van der Waals surface area contributed by atoms with Crippen molar-refractivity contribution >= 4 is 28.8 Å². The van der Waals surface area contributed by atoms with E-state index in [1.807, 2.05) is 6.07 Å². The number of nitrogens with two attached hydrogens (primary N) is 1. The van der Waals surface area contributed by atoms with Gasteiger partial charge in [-0.15, -0.1) is 0 Å².